The van der Waals surface area contributed by atoms with Crippen molar-refractivity contribution in [2.24, 2.45) is 5.92 Å². The summed E-state index contributed by atoms with van der Waals surface area (Å²) in [6, 6.07) is 6.28. The van der Waals surface area contributed by atoms with Crippen LogP contribution in [0.5, 0.6) is 0 Å². The molecule has 1 N–H and O–H groups in total. The number of fused-ring (bicyclic) bond motifs is 5. The number of piperidine rings is 1. The number of carbonyl (C=O) groups is 1. The summed E-state index contributed by atoms with van der Waals surface area (Å²) < 4.78 is 7.09. The maximum atomic E-state index is 13.8. The lowest BCUT2D eigenvalue weighted by Crippen LogP contribution is -2.33. The van der Waals surface area contributed by atoms with Crippen LogP contribution in [-0.2, 0) is 34.8 Å². The molecule has 0 radical (unpaired) electrons. The van der Waals surface area contributed by atoms with Crippen molar-refractivity contribution < 1.29 is 14.6 Å². The molecule has 5 heterocycles. The number of pyridine rings is 2. The summed E-state index contributed by atoms with van der Waals surface area (Å²) in [5, 5.41) is 12.6. The van der Waals surface area contributed by atoms with Gasteiger partial charge in [0.05, 0.1) is 35.4 Å². The highest BCUT2D eigenvalue weighted by atomic mass is 16.5. The Hall–Kier alpha value is -3.03. The van der Waals surface area contributed by atoms with E-state index in [0.29, 0.717) is 29.8 Å². The van der Waals surface area contributed by atoms with E-state index in [1.165, 1.54) is 29.5 Å². The number of aromatic nitrogens is 2. The molecule has 3 aliphatic rings. The highest BCUT2D eigenvalue weighted by Crippen LogP contribution is 2.41. The van der Waals surface area contributed by atoms with Gasteiger partial charge in [-0.2, -0.15) is 0 Å². The first-order valence-electron chi connectivity index (χ1n) is 13.5. The average Bonchev–Trinajstić information content (AvgIpc) is 3.17. The van der Waals surface area contributed by atoms with Gasteiger partial charge in [0.2, 0.25) is 0 Å². The van der Waals surface area contributed by atoms with E-state index < -0.39 is 11.6 Å². The van der Waals surface area contributed by atoms with Gasteiger partial charge in [0.15, 0.2) is 0 Å². The smallest absolute Gasteiger partial charge is 0.309 e. The number of esters is 1. The molecule has 37 heavy (non-hydrogen) atoms. The minimum absolute atomic E-state index is 0.113. The van der Waals surface area contributed by atoms with Gasteiger partial charge in [-0.1, -0.05) is 13.8 Å². The van der Waals surface area contributed by atoms with Gasteiger partial charge in [-0.15, -0.1) is 0 Å². The molecule has 0 unspecified atom stereocenters. The number of benzene rings is 1. The van der Waals surface area contributed by atoms with Crippen molar-refractivity contribution in [3.05, 3.63) is 61.9 Å². The second-order valence-electron chi connectivity index (χ2n) is 11.4. The van der Waals surface area contributed by atoms with Crippen LogP contribution in [0.4, 0.5) is 0 Å². The number of cyclic esters (lactones) is 1. The van der Waals surface area contributed by atoms with Crippen molar-refractivity contribution in [2.75, 3.05) is 13.1 Å². The van der Waals surface area contributed by atoms with Crippen LogP contribution in [0.1, 0.15) is 72.9 Å². The molecule has 0 aliphatic carbocycles. The van der Waals surface area contributed by atoms with E-state index in [0.717, 1.165) is 47.7 Å². The second kappa shape index (κ2) is 8.77. The number of carbonyl (C=O) groups excluding carboxylic acids is 1. The van der Waals surface area contributed by atoms with Crippen LogP contribution in [0.25, 0.3) is 22.3 Å². The molecule has 194 valence electrons. The summed E-state index contributed by atoms with van der Waals surface area (Å²) in [5.41, 5.74) is 6.44. The Morgan fingerprint density at radius 3 is 2.57 bits per heavy atom. The lowest BCUT2D eigenvalue weighted by Gasteiger charge is -2.31. The van der Waals surface area contributed by atoms with Gasteiger partial charge in [-0.05, 0) is 92.6 Å². The largest absolute Gasteiger partial charge is 0.460 e. The van der Waals surface area contributed by atoms with Crippen molar-refractivity contribution in [3.8, 4) is 11.4 Å². The van der Waals surface area contributed by atoms with Gasteiger partial charge in [0.1, 0.15) is 12.2 Å². The molecule has 0 bridgehead atoms. The molecule has 1 saturated heterocycles. The molecule has 0 amide bonds. The standard InChI is InChI=1S/C30H35N3O4/c1-5-30(36)13-27(34)37-16-23-24(30)12-26-28-22(15-33(26)29(23)35)21(14-32-8-6-17(2)7-9-32)20-10-18(3)19(4)11-25(20)31-28/h10-12,17,36H,5-9,13-16H2,1-4H3/t30-/m1/s1. The van der Waals surface area contributed by atoms with Gasteiger partial charge in [0, 0.05) is 17.5 Å². The van der Waals surface area contributed by atoms with E-state index in [-0.39, 0.29) is 18.6 Å². The van der Waals surface area contributed by atoms with Gasteiger partial charge in [0.25, 0.3) is 5.56 Å². The van der Waals surface area contributed by atoms with Crippen LogP contribution >= 0.6 is 0 Å². The molecule has 1 aromatic carbocycles. The molecule has 3 aliphatic heterocycles. The van der Waals surface area contributed by atoms with Crippen LogP contribution in [0.2, 0.25) is 0 Å². The average molecular weight is 502 g/mol. The summed E-state index contributed by atoms with van der Waals surface area (Å²) in [5.74, 6) is 0.268. The fourth-order valence-electron chi connectivity index (χ4n) is 6.24. The van der Waals surface area contributed by atoms with E-state index in [2.05, 4.69) is 37.8 Å². The van der Waals surface area contributed by atoms with Crippen LogP contribution < -0.4 is 5.56 Å². The number of likely N-dealkylation sites (tertiary alicyclic amines) is 1. The quantitative estimate of drug-likeness (QED) is 0.421. The second-order valence-corrected chi connectivity index (χ2v) is 11.4. The predicted molar refractivity (Wildman–Crippen MR) is 142 cm³/mol. The molecular weight excluding hydrogens is 466 g/mol. The summed E-state index contributed by atoms with van der Waals surface area (Å²) >= 11 is 0. The third-order valence-electron chi connectivity index (χ3n) is 8.94. The van der Waals surface area contributed by atoms with Gasteiger partial charge in [-0.3, -0.25) is 14.5 Å². The van der Waals surface area contributed by atoms with Crippen molar-refractivity contribution in [1.29, 1.82) is 0 Å². The molecule has 7 heteroatoms. The Balaban J connectivity index is 1.56. The third-order valence-corrected chi connectivity index (χ3v) is 8.94. The van der Waals surface area contributed by atoms with Crippen molar-refractivity contribution in [2.45, 2.75) is 78.7 Å². The van der Waals surface area contributed by atoms with Crippen LogP contribution in [0, 0.1) is 19.8 Å². The molecule has 0 spiro atoms. The van der Waals surface area contributed by atoms with Crippen molar-refractivity contribution >= 4 is 16.9 Å². The molecule has 1 fully saturated rings. The topological polar surface area (TPSA) is 84.7 Å². The summed E-state index contributed by atoms with van der Waals surface area (Å²) in [6.07, 6.45) is 2.55. The predicted octanol–water partition coefficient (Wildman–Crippen LogP) is 4.32. The maximum absolute atomic E-state index is 13.8. The highest BCUT2D eigenvalue weighted by Gasteiger charge is 2.40. The fourth-order valence-corrected chi connectivity index (χ4v) is 6.24. The molecule has 1 atom stereocenters. The normalized spacial score (nSPS) is 21.9. The summed E-state index contributed by atoms with van der Waals surface area (Å²) in [4.78, 5) is 33.7. The number of aryl methyl sites for hydroxylation is 2. The zero-order valence-corrected chi connectivity index (χ0v) is 22.2. The Morgan fingerprint density at radius 1 is 1.11 bits per heavy atom. The molecule has 3 aromatic rings. The van der Waals surface area contributed by atoms with Crippen molar-refractivity contribution in [3.63, 3.8) is 0 Å². The van der Waals surface area contributed by atoms with E-state index in [9.17, 15) is 14.7 Å². The van der Waals surface area contributed by atoms with Gasteiger partial charge >= 0.3 is 5.97 Å². The van der Waals surface area contributed by atoms with Crippen molar-refractivity contribution in [1.82, 2.24) is 14.5 Å². The first kappa shape index (κ1) is 24.3. The van der Waals surface area contributed by atoms with E-state index in [1.54, 1.807) is 4.57 Å². The van der Waals surface area contributed by atoms with E-state index >= 15 is 0 Å². The summed E-state index contributed by atoms with van der Waals surface area (Å²) in [7, 11) is 0. The number of hydrogen-bond acceptors (Lipinski definition) is 6. The van der Waals surface area contributed by atoms with E-state index in [1.807, 2.05) is 13.0 Å². The minimum Gasteiger partial charge on any atom is -0.460 e. The number of ether oxygens (including phenoxy) is 1. The monoisotopic (exact) mass is 501 g/mol. The Morgan fingerprint density at radius 2 is 1.84 bits per heavy atom. The zero-order valence-electron chi connectivity index (χ0n) is 22.2. The fraction of sp³-hybridized carbons (Fsp3) is 0.500. The first-order valence-corrected chi connectivity index (χ1v) is 13.5. The molecule has 6 rings (SSSR count). The molecule has 7 nitrogen and oxygen atoms in total. The molecule has 0 saturated carbocycles. The third kappa shape index (κ3) is 3.91. The van der Waals surface area contributed by atoms with E-state index in [4.69, 9.17) is 9.72 Å². The van der Waals surface area contributed by atoms with Crippen LogP contribution in [0.15, 0.2) is 23.0 Å². The van der Waals surface area contributed by atoms with Gasteiger partial charge in [-0.25, -0.2) is 4.98 Å². The Labute approximate surface area is 217 Å². The first-order chi connectivity index (χ1) is 17.7. The molecule has 2 aromatic heterocycles. The lowest BCUT2D eigenvalue weighted by molar-refractivity contribution is -0.149. The van der Waals surface area contributed by atoms with Crippen LogP contribution in [0.3, 0.4) is 0 Å². The number of hydrogen-bond donors (Lipinski definition) is 1. The van der Waals surface area contributed by atoms with Crippen LogP contribution in [-0.4, -0.2) is 38.6 Å². The summed E-state index contributed by atoms with van der Waals surface area (Å²) in [6.45, 7) is 11.7. The van der Waals surface area contributed by atoms with Gasteiger partial charge < -0.3 is 14.4 Å². The Bertz CT molecular complexity index is 1500. The SMILES string of the molecule is CC[C@@]1(O)CC(=O)OCc2c1cc1n(c2=O)Cc2c-1nc1cc(C)c(C)cc1c2CN1CCC(C)CC1. The molecular formula is C30H35N3O4. The number of rotatable bonds is 3. The highest BCUT2D eigenvalue weighted by molar-refractivity contribution is 5.89. The Kier molecular flexibility index (Phi) is 5.77. The maximum Gasteiger partial charge on any atom is 0.309 e. The number of nitrogens with zero attached hydrogens (tertiary/aromatic N) is 3. The number of aliphatic hydroxyl groups is 1. The minimum atomic E-state index is -1.43. The zero-order chi connectivity index (χ0) is 26.1. The lowest BCUT2D eigenvalue weighted by atomic mass is 9.85.